The van der Waals surface area contributed by atoms with Crippen molar-refractivity contribution in [2.75, 3.05) is 5.33 Å². The molecule has 1 nitrogen and oxygen atoms in total. The molecule has 0 aliphatic carbocycles. The molecule has 106 valence electrons. The lowest BCUT2D eigenvalue weighted by Crippen LogP contribution is -1.87. The molecule has 0 radical (unpaired) electrons. The highest BCUT2D eigenvalue weighted by molar-refractivity contribution is 9.10. The van der Waals surface area contributed by atoms with Gasteiger partial charge in [0.05, 0.1) is 4.47 Å². The minimum absolute atomic E-state index is 0.894. The number of benzene rings is 2. The Labute approximate surface area is 141 Å². The number of hydrogen-bond donors (Lipinski definition) is 0. The SMILES string of the molecule is BrCCc1c(-c2ccccc2)oc(-c2ccccc2)c1Br. The monoisotopic (exact) mass is 404 g/mol. The summed E-state index contributed by atoms with van der Waals surface area (Å²) in [6.07, 6.45) is 0.918. The lowest BCUT2D eigenvalue weighted by atomic mass is 10.1. The molecule has 1 aromatic heterocycles. The van der Waals surface area contributed by atoms with Crippen LogP contribution in [0, 0.1) is 0 Å². The summed E-state index contributed by atoms with van der Waals surface area (Å²) in [6.45, 7) is 0. The van der Waals surface area contributed by atoms with Gasteiger partial charge < -0.3 is 4.42 Å². The summed E-state index contributed by atoms with van der Waals surface area (Å²) >= 11 is 7.25. The molecule has 0 saturated heterocycles. The van der Waals surface area contributed by atoms with Crippen LogP contribution in [0.5, 0.6) is 0 Å². The van der Waals surface area contributed by atoms with Crippen LogP contribution < -0.4 is 0 Å². The Bertz CT molecular complexity index is 718. The summed E-state index contributed by atoms with van der Waals surface area (Å²) in [5, 5.41) is 0.902. The third kappa shape index (κ3) is 2.99. The molecule has 0 aliphatic rings. The van der Waals surface area contributed by atoms with E-state index >= 15 is 0 Å². The van der Waals surface area contributed by atoms with Gasteiger partial charge in [0.2, 0.25) is 0 Å². The highest BCUT2D eigenvalue weighted by Crippen LogP contribution is 2.40. The van der Waals surface area contributed by atoms with Crippen LogP contribution >= 0.6 is 31.9 Å². The van der Waals surface area contributed by atoms with E-state index in [4.69, 9.17) is 4.42 Å². The smallest absolute Gasteiger partial charge is 0.149 e. The Hall–Kier alpha value is -1.32. The van der Waals surface area contributed by atoms with E-state index in [2.05, 4.69) is 56.1 Å². The predicted molar refractivity (Wildman–Crippen MR) is 94.8 cm³/mol. The molecule has 3 rings (SSSR count). The van der Waals surface area contributed by atoms with Crippen LogP contribution in [-0.4, -0.2) is 5.33 Å². The highest BCUT2D eigenvalue weighted by Gasteiger charge is 2.20. The molecule has 21 heavy (non-hydrogen) atoms. The molecule has 0 fully saturated rings. The lowest BCUT2D eigenvalue weighted by Gasteiger charge is -2.01. The van der Waals surface area contributed by atoms with E-state index in [1.54, 1.807) is 0 Å². The number of halogens is 2. The average molecular weight is 406 g/mol. The molecule has 0 atom stereocenters. The number of rotatable bonds is 4. The van der Waals surface area contributed by atoms with Gasteiger partial charge in [0.1, 0.15) is 11.5 Å². The van der Waals surface area contributed by atoms with Gasteiger partial charge in [0.25, 0.3) is 0 Å². The average Bonchev–Trinajstić information content (AvgIpc) is 2.87. The summed E-state index contributed by atoms with van der Waals surface area (Å²) in [7, 11) is 0. The third-order valence-corrected chi connectivity index (χ3v) is 4.59. The first-order chi connectivity index (χ1) is 10.3. The first-order valence-corrected chi connectivity index (χ1v) is 8.70. The highest BCUT2D eigenvalue weighted by atomic mass is 79.9. The van der Waals surface area contributed by atoms with Gasteiger partial charge in [-0.15, -0.1) is 0 Å². The molecule has 0 aliphatic heterocycles. The zero-order chi connectivity index (χ0) is 14.7. The van der Waals surface area contributed by atoms with Crippen molar-refractivity contribution in [1.82, 2.24) is 0 Å². The van der Waals surface area contributed by atoms with Crippen molar-refractivity contribution in [3.63, 3.8) is 0 Å². The van der Waals surface area contributed by atoms with Crippen LogP contribution in [0.1, 0.15) is 5.56 Å². The molecular formula is C18H14Br2O. The lowest BCUT2D eigenvalue weighted by molar-refractivity contribution is 0.593. The molecule has 0 bridgehead atoms. The quantitative estimate of drug-likeness (QED) is 0.463. The van der Waals surface area contributed by atoms with Crippen molar-refractivity contribution in [3.05, 3.63) is 70.7 Å². The van der Waals surface area contributed by atoms with Crippen molar-refractivity contribution >= 4 is 31.9 Å². The van der Waals surface area contributed by atoms with Gasteiger partial charge in [0, 0.05) is 22.0 Å². The number of alkyl halides is 1. The summed E-state index contributed by atoms with van der Waals surface area (Å²) < 4.78 is 7.25. The Morgan fingerprint density at radius 1 is 0.762 bits per heavy atom. The van der Waals surface area contributed by atoms with E-state index < -0.39 is 0 Å². The van der Waals surface area contributed by atoms with Crippen LogP contribution in [0.15, 0.2) is 69.6 Å². The maximum absolute atomic E-state index is 6.20. The van der Waals surface area contributed by atoms with E-state index in [9.17, 15) is 0 Å². The van der Waals surface area contributed by atoms with Crippen LogP contribution in [0.2, 0.25) is 0 Å². The first kappa shape index (κ1) is 14.6. The molecule has 2 aromatic carbocycles. The van der Waals surface area contributed by atoms with Crippen molar-refractivity contribution < 1.29 is 4.42 Å². The van der Waals surface area contributed by atoms with Gasteiger partial charge in [-0.25, -0.2) is 0 Å². The van der Waals surface area contributed by atoms with Crippen molar-refractivity contribution in [2.45, 2.75) is 6.42 Å². The largest absolute Gasteiger partial charge is 0.455 e. The molecular weight excluding hydrogens is 392 g/mol. The second-order valence-electron chi connectivity index (χ2n) is 4.72. The van der Waals surface area contributed by atoms with Crippen LogP contribution in [0.25, 0.3) is 22.6 Å². The normalized spacial score (nSPS) is 10.8. The van der Waals surface area contributed by atoms with E-state index in [0.29, 0.717) is 0 Å². The third-order valence-electron chi connectivity index (χ3n) is 3.36. The minimum atomic E-state index is 0.894. The Kier molecular flexibility index (Phi) is 4.61. The van der Waals surface area contributed by atoms with Gasteiger partial charge in [-0.05, 0) is 22.4 Å². The Balaban J connectivity index is 2.16. The topological polar surface area (TPSA) is 13.1 Å². The molecule has 0 saturated carbocycles. The Morgan fingerprint density at radius 3 is 1.81 bits per heavy atom. The van der Waals surface area contributed by atoms with E-state index in [1.165, 1.54) is 5.56 Å². The number of hydrogen-bond acceptors (Lipinski definition) is 1. The Morgan fingerprint density at radius 2 is 1.29 bits per heavy atom. The fourth-order valence-corrected chi connectivity index (χ4v) is 3.45. The maximum atomic E-state index is 6.20. The van der Waals surface area contributed by atoms with Crippen LogP contribution in [0.3, 0.4) is 0 Å². The van der Waals surface area contributed by atoms with Crippen molar-refractivity contribution in [2.24, 2.45) is 0 Å². The molecule has 0 amide bonds. The van der Waals surface area contributed by atoms with Gasteiger partial charge in [-0.1, -0.05) is 76.6 Å². The van der Waals surface area contributed by atoms with Gasteiger partial charge in [-0.3, -0.25) is 0 Å². The molecule has 0 unspecified atom stereocenters. The van der Waals surface area contributed by atoms with Crippen LogP contribution in [-0.2, 0) is 6.42 Å². The van der Waals surface area contributed by atoms with E-state index in [-0.39, 0.29) is 0 Å². The molecule has 3 heteroatoms. The summed E-state index contributed by atoms with van der Waals surface area (Å²) in [5.74, 6) is 1.84. The zero-order valence-electron chi connectivity index (χ0n) is 11.4. The van der Waals surface area contributed by atoms with Crippen molar-refractivity contribution in [1.29, 1.82) is 0 Å². The first-order valence-electron chi connectivity index (χ1n) is 6.79. The number of furan rings is 1. The zero-order valence-corrected chi connectivity index (χ0v) is 14.5. The maximum Gasteiger partial charge on any atom is 0.149 e. The molecule has 3 aromatic rings. The van der Waals surface area contributed by atoms with Crippen LogP contribution in [0.4, 0.5) is 0 Å². The predicted octanol–water partition coefficient (Wildman–Crippen LogP) is 6.31. The molecule has 1 heterocycles. The summed E-state index contributed by atoms with van der Waals surface area (Å²) in [4.78, 5) is 0. The fourth-order valence-electron chi connectivity index (χ4n) is 2.36. The van der Waals surface area contributed by atoms with E-state index in [0.717, 1.165) is 38.9 Å². The van der Waals surface area contributed by atoms with E-state index in [1.807, 2.05) is 36.4 Å². The fraction of sp³-hybridized carbons (Fsp3) is 0.111. The second-order valence-corrected chi connectivity index (χ2v) is 6.31. The minimum Gasteiger partial charge on any atom is -0.455 e. The second kappa shape index (κ2) is 6.63. The molecule has 0 N–H and O–H groups in total. The standard InChI is InChI=1S/C18H14Br2O/c19-12-11-15-16(20)18(14-9-5-2-6-10-14)21-17(15)13-7-3-1-4-8-13/h1-10H,11-12H2. The van der Waals surface area contributed by atoms with Crippen molar-refractivity contribution in [3.8, 4) is 22.6 Å². The van der Waals surface area contributed by atoms with Gasteiger partial charge in [-0.2, -0.15) is 0 Å². The molecule has 0 spiro atoms. The van der Waals surface area contributed by atoms with Gasteiger partial charge in [0.15, 0.2) is 0 Å². The summed E-state index contributed by atoms with van der Waals surface area (Å²) in [6, 6.07) is 20.4. The van der Waals surface area contributed by atoms with Gasteiger partial charge >= 0.3 is 0 Å². The summed E-state index contributed by atoms with van der Waals surface area (Å²) in [5.41, 5.74) is 3.40.